The fourth-order valence-electron chi connectivity index (χ4n) is 4.28. The highest BCUT2D eigenvalue weighted by atomic mass is 16.2. The van der Waals surface area contributed by atoms with E-state index in [1.54, 1.807) is 0 Å². The lowest BCUT2D eigenvalue weighted by Crippen LogP contribution is -2.47. The summed E-state index contributed by atoms with van der Waals surface area (Å²) < 4.78 is 2.06. The smallest absolute Gasteiger partial charge is 0.242 e. The molecular weight excluding hydrogens is 362 g/mol. The van der Waals surface area contributed by atoms with Crippen LogP contribution in [0.1, 0.15) is 78.3 Å². The Hall–Kier alpha value is -1.78. The van der Waals surface area contributed by atoms with Crippen LogP contribution < -0.4 is 0 Å². The van der Waals surface area contributed by atoms with Gasteiger partial charge >= 0.3 is 0 Å². The van der Waals surface area contributed by atoms with E-state index >= 15 is 0 Å². The van der Waals surface area contributed by atoms with Gasteiger partial charge in [0.1, 0.15) is 0 Å². The summed E-state index contributed by atoms with van der Waals surface area (Å²) in [7, 11) is 2.01. The highest BCUT2D eigenvalue weighted by molar-refractivity contribution is 5.85. The highest BCUT2D eigenvalue weighted by Crippen LogP contribution is 2.29. The van der Waals surface area contributed by atoms with Crippen LogP contribution >= 0.6 is 0 Å². The van der Waals surface area contributed by atoms with Crippen molar-refractivity contribution in [3.8, 4) is 0 Å². The molecule has 1 aromatic heterocycles. The Morgan fingerprint density at radius 2 is 1.86 bits per heavy atom. The molecule has 0 spiro atoms. The second-order valence-corrected chi connectivity index (χ2v) is 9.25. The van der Waals surface area contributed by atoms with Crippen molar-refractivity contribution < 1.29 is 9.59 Å². The number of hydrogen-bond donors (Lipinski definition) is 0. The zero-order valence-electron chi connectivity index (χ0n) is 19.2. The van der Waals surface area contributed by atoms with Gasteiger partial charge in [-0.05, 0) is 43.7 Å². The summed E-state index contributed by atoms with van der Waals surface area (Å²) in [6, 6.07) is 4.15. The van der Waals surface area contributed by atoms with Gasteiger partial charge in [-0.3, -0.25) is 9.59 Å². The standard InChI is InChI=1S/C24H41N3O2/c1-6-20(4)27(23(28)14-13-21-10-7-8-11-21)18-24(29)26(16-19(2)3)17-22-12-9-15-25(22)5/h9,12,15,19-21H,6-8,10-11,13-14,16-18H2,1-5H3/t20-/m1/s1. The second kappa shape index (κ2) is 11.4. The topological polar surface area (TPSA) is 45.6 Å². The van der Waals surface area contributed by atoms with E-state index in [1.807, 2.05) is 29.1 Å². The summed E-state index contributed by atoms with van der Waals surface area (Å²) in [6.45, 7) is 9.89. The van der Waals surface area contributed by atoms with Gasteiger partial charge in [-0.1, -0.05) is 46.5 Å². The molecule has 0 unspecified atom stereocenters. The van der Waals surface area contributed by atoms with E-state index in [4.69, 9.17) is 0 Å². The van der Waals surface area contributed by atoms with Crippen molar-refractivity contribution in [3.63, 3.8) is 0 Å². The lowest BCUT2D eigenvalue weighted by atomic mass is 10.0. The molecule has 0 N–H and O–H groups in total. The van der Waals surface area contributed by atoms with Crippen molar-refractivity contribution in [2.24, 2.45) is 18.9 Å². The average molecular weight is 404 g/mol. The van der Waals surface area contributed by atoms with E-state index < -0.39 is 0 Å². The van der Waals surface area contributed by atoms with E-state index in [0.717, 1.165) is 18.5 Å². The number of carbonyl (C=O) groups is 2. The predicted molar refractivity (Wildman–Crippen MR) is 118 cm³/mol. The summed E-state index contributed by atoms with van der Waals surface area (Å²) in [5.41, 5.74) is 1.11. The van der Waals surface area contributed by atoms with Gasteiger partial charge in [0.05, 0.1) is 13.1 Å². The first-order chi connectivity index (χ1) is 13.8. The molecular formula is C24H41N3O2. The molecule has 0 aliphatic heterocycles. The maximum atomic E-state index is 13.2. The fraction of sp³-hybridized carbons (Fsp3) is 0.750. The van der Waals surface area contributed by atoms with Gasteiger partial charge in [0.2, 0.25) is 11.8 Å². The minimum atomic E-state index is 0.0504. The molecule has 1 atom stereocenters. The zero-order valence-corrected chi connectivity index (χ0v) is 19.2. The molecule has 2 rings (SSSR count). The summed E-state index contributed by atoms with van der Waals surface area (Å²) in [5, 5.41) is 0. The first-order valence-electron chi connectivity index (χ1n) is 11.5. The van der Waals surface area contributed by atoms with Crippen LogP contribution in [0.2, 0.25) is 0 Å². The zero-order chi connectivity index (χ0) is 21.4. The molecule has 29 heavy (non-hydrogen) atoms. The molecule has 2 amide bonds. The number of nitrogens with zero attached hydrogens (tertiary/aromatic N) is 3. The van der Waals surface area contributed by atoms with E-state index in [-0.39, 0.29) is 24.4 Å². The molecule has 1 saturated carbocycles. The molecule has 1 aliphatic carbocycles. The van der Waals surface area contributed by atoms with Crippen LogP contribution in [0.15, 0.2) is 18.3 Å². The number of aryl methyl sites for hydroxylation is 1. The van der Waals surface area contributed by atoms with Gasteiger partial charge in [0, 0.05) is 37.9 Å². The molecule has 1 aliphatic rings. The van der Waals surface area contributed by atoms with Gasteiger partial charge in [0.25, 0.3) is 0 Å². The Morgan fingerprint density at radius 1 is 1.17 bits per heavy atom. The third-order valence-corrected chi connectivity index (χ3v) is 6.33. The predicted octanol–water partition coefficient (Wildman–Crippen LogP) is 4.61. The lowest BCUT2D eigenvalue weighted by Gasteiger charge is -2.32. The Kier molecular flexibility index (Phi) is 9.25. The molecule has 1 heterocycles. The van der Waals surface area contributed by atoms with Gasteiger partial charge < -0.3 is 14.4 Å². The number of carbonyl (C=O) groups excluding carboxylic acids is 2. The Bertz CT molecular complexity index is 646. The number of aromatic nitrogens is 1. The minimum absolute atomic E-state index is 0.0504. The molecule has 0 saturated heterocycles. The van der Waals surface area contributed by atoms with Gasteiger partial charge in [-0.2, -0.15) is 0 Å². The second-order valence-electron chi connectivity index (χ2n) is 9.25. The molecule has 164 valence electrons. The lowest BCUT2D eigenvalue weighted by molar-refractivity contribution is -0.143. The summed E-state index contributed by atoms with van der Waals surface area (Å²) >= 11 is 0. The maximum Gasteiger partial charge on any atom is 0.242 e. The summed E-state index contributed by atoms with van der Waals surface area (Å²) in [6.07, 6.45) is 9.54. The van der Waals surface area contributed by atoms with Crippen molar-refractivity contribution in [2.45, 2.75) is 85.2 Å². The van der Waals surface area contributed by atoms with Crippen LogP contribution in [0.5, 0.6) is 0 Å². The SMILES string of the molecule is CC[C@@H](C)N(CC(=O)N(Cc1cccn1C)CC(C)C)C(=O)CCC1CCCC1. The molecule has 0 bridgehead atoms. The van der Waals surface area contributed by atoms with Crippen molar-refractivity contribution >= 4 is 11.8 Å². The number of amides is 2. The monoisotopic (exact) mass is 403 g/mol. The van der Waals surface area contributed by atoms with Crippen molar-refractivity contribution in [1.29, 1.82) is 0 Å². The first-order valence-corrected chi connectivity index (χ1v) is 11.5. The molecule has 0 radical (unpaired) electrons. The molecule has 5 nitrogen and oxygen atoms in total. The summed E-state index contributed by atoms with van der Waals surface area (Å²) in [4.78, 5) is 30.0. The number of hydrogen-bond acceptors (Lipinski definition) is 2. The van der Waals surface area contributed by atoms with Crippen LogP contribution in [0.25, 0.3) is 0 Å². The van der Waals surface area contributed by atoms with Crippen LogP contribution in [0.3, 0.4) is 0 Å². The van der Waals surface area contributed by atoms with Crippen LogP contribution in [-0.4, -0.2) is 45.3 Å². The Morgan fingerprint density at radius 3 is 2.41 bits per heavy atom. The largest absolute Gasteiger partial charge is 0.353 e. The maximum absolute atomic E-state index is 13.2. The molecule has 5 heteroatoms. The minimum Gasteiger partial charge on any atom is -0.353 e. The van der Waals surface area contributed by atoms with Crippen molar-refractivity contribution in [3.05, 3.63) is 24.0 Å². The molecule has 1 fully saturated rings. The fourth-order valence-corrected chi connectivity index (χ4v) is 4.28. The van der Waals surface area contributed by atoms with E-state index in [0.29, 0.717) is 31.3 Å². The third-order valence-electron chi connectivity index (χ3n) is 6.33. The Labute approximate surface area is 177 Å². The Balaban J connectivity index is 2.03. The van der Waals surface area contributed by atoms with E-state index in [2.05, 4.69) is 38.3 Å². The van der Waals surface area contributed by atoms with Crippen LogP contribution in [0.4, 0.5) is 0 Å². The van der Waals surface area contributed by atoms with Gasteiger partial charge in [-0.25, -0.2) is 0 Å². The molecule has 1 aromatic rings. The van der Waals surface area contributed by atoms with Crippen LogP contribution in [-0.2, 0) is 23.2 Å². The third kappa shape index (κ3) is 7.20. The first kappa shape index (κ1) is 23.5. The highest BCUT2D eigenvalue weighted by Gasteiger charge is 2.26. The van der Waals surface area contributed by atoms with E-state index in [1.165, 1.54) is 25.7 Å². The molecule has 0 aromatic carbocycles. The van der Waals surface area contributed by atoms with Gasteiger partial charge in [-0.15, -0.1) is 0 Å². The normalized spacial score (nSPS) is 15.7. The van der Waals surface area contributed by atoms with Crippen molar-refractivity contribution in [1.82, 2.24) is 14.4 Å². The average Bonchev–Trinajstić information content (AvgIpc) is 3.34. The van der Waals surface area contributed by atoms with Crippen molar-refractivity contribution in [2.75, 3.05) is 13.1 Å². The number of rotatable bonds is 11. The quantitative estimate of drug-likeness (QED) is 0.542. The summed E-state index contributed by atoms with van der Waals surface area (Å²) in [5.74, 6) is 1.27. The van der Waals surface area contributed by atoms with E-state index in [9.17, 15) is 9.59 Å². The van der Waals surface area contributed by atoms with Crippen LogP contribution in [0, 0.1) is 11.8 Å². The van der Waals surface area contributed by atoms with Gasteiger partial charge in [0.15, 0.2) is 0 Å².